The van der Waals surface area contributed by atoms with Gasteiger partial charge in [0.05, 0.1) is 5.92 Å². The van der Waals surface area contributed by atoms with Crippen LogP contribution in [0.25, 0.3) is 0 Å². The Kier molecular flexibility index (Phi) is 0.770. The summed E-state index contributed by atoms with van der Waals surface area (Å²) in [5.74, 6) is 0.910. The molecule has 0 spiro atoms. The summed E-state index contributed by atoms with van der Waals surface area (Å²) in [6.07, 6.45) is 4.08. The Bertz CT molecular complexity index is 185. The van der Waals surface area contributed by atoms with E-state index in [0.717, 1.165) is 0 Å². The monoisotopic (exact) mass is 123 g/mol. The van der Waals surface area contributed by atoms with Crippen LogP contribution in [-0.2, 0) is 4.79 Å². The minimum Gasteiger partial charge on any atom is -0.352 e. The molecular weight excluding hydrogens is 114 g/mol. The number of carbonyl (C=O) groups is 1. The third kappa shape index (κ3) is 0.479. The minimum absolute atomic E-state index is 0.204. The van der Waals surface area contributed by atoms with Crippen molar-refractivity contribution in [2.45, 2.75) is 13.0 Å². The van der Waals surface area contributed by atoms with Crippen LogP contribution in [0.1, 0.15) is 6.92 Å². The van der Waals surface area contributed by atoms with Gasteiger partial charge in [-0.05, 0) is 6.92 Å². The van der Waals surface area contributed by atoms with Crippen LogP contribution in [0.3, 0.4) is 0 Å². The molecule has 3 atom stereocenters. The number of fused-ring (bicyclic) bond motifs is 1. The van der Waals surface area contributed by atoms with Crippen LogP contribution in [-0.4, -0.2) is 11.9 Å². The maximum atomic E-state index is 10.9. The van der Waals surface area contributed by atoms with E-state index >= 15 is 0 Å². The van der Waals surface area contributed by atoms with E-state index < -0.39 is 0 Å². The molecule has 1 aliphatic heterocycles. The summed E-state index contributed by atoms with van der Waals surface area (Å²) in [6, 6.07) is 0.368. The number of carbonyl (C=O) groups excluding carboxylic acids is 1. The van der Waals surface area contributed by atoms with Crippen molar-refractivity contribution in [2.75, 3.05) is 0 Å². The molecule has 2 nitrogen and oxygen atoms in total. The average molecular weight is 123 g/mol. The molecule has 9 heavy (non-hydrogen) atoms. The molecule has 1 aliphatic carbocycles. The molecule has 1 saturated heterocycles. The molecule has 1 amide bonds. The van der Waals surface area contributed by atoms with Crippen molar-refractivity contribution < 1.29 is 4.79 Å². The van der Waals surface area contributed by atoms with Gasteiger partial charge in [0.2, 0.25) is 5.91 Å². The quantitative estimate of drug-likeness (QED) is 0.461. The molecule has 0 saturated carbocycles. The van der Waals surface area contributed by atoms with Gasteiger partial charge in [-0.1, -0.05) is 12.2 Å². The van der Waals surface area contributed by atoms with Gasteiger partial charge < -0.3 is 5.32 Å². The second kappa shape index (κ2) is 1.38. The number of hydrogen-bond donors (Lipinski definition) is 1. The lowest BCUT2D eigenvalue weighted by Gasteiger charge is -2.20. The van der Waals surface area contributed by atoms with Crippen molar-refractivity contribution in [3.8, 4) is 0 Å². The van der Waals surface area contributed by atoms with Crippen LogP contribution in [0.4, 0.5) is 0 Å². The van der Waals surface area contributed by atoms with Gasteiger partial charge in [-0.25, -0.2) is 0 Å². The minimum atomic E-state index is 0.204. The van der Waals surface area contributed by atoms with Gasteiger partial charge in [0, 0.05) is 12.0 Å². The fourth-order valence-electron chi connectivity index (χ4n) is 1.51. The van der Waals surface area contributed by atoms with Gasteiger partial charge in [-0.2, -0.15) is 0 Å². The first-order chi connectivity index (χ1) is 4.29. The van der Waals surface area contributed by atoms with E-state index in [4.69, 9.17) is 0 Å². The van der Waals surface area contributed by atoms with E-state index in [-0.39, 0.29) is 11.8 Å². The van der Waals surface area contributed by atoms with Crippen LogP contribution in [0.2, 0.25) is 0 Å². The Morgan fingerprint density at radius 1 is 1.56 bits per heavy atom. The zero-order valence-electron chi connectivity index (χ0n) is 5.29. The first-order valence-corrected chi connectivity index (χ1v) is 3.28. The van der Waals surface area contributed by atoms with Crippen LogP contribution in [0, 0.1) is 11.8 Å². The standard InChI is InChI=1S/C7H9NO/c1-4-5-2-3-6(5)7(9)8-4/h2-6H,1H3,(H,8,9)/t4-,5-,6-/m0/s1. The fraction of sp³-hybridized carbons (Fsp3) is 0.571. The second-order valence-corrected chi connectivity index (χ2v) is 2.79. The molecule has 1 fully saturated rings. The van der Waals surface area contributed by atoms with Gasteiger partial charge in [-0.15, -0.1) is 0 Å². The van der Waals surface area contributed by atoms with E-state index in [9.17, 15) is 4.79 Å². The molecule has 2 heteroatoms. The van der Waals surface area contributed by atoms with E-state index in [1.165, 1.54) is 0 Å². The van der Waals surface area contributed by atoms with Crippen LogP contribution >= 0.6 is 0 Å². The summed E-state index contributed by atoms with van der Waals surface area (Å²) in [7, 11) is 0. The number of rotatable bonds is 0. The summed E-state index contributed by atoms with van der Waals surface area (Å²) in [4.78, 5) is 10.9. The Balaban J connectivity index is 2.27. The Labute approximate surface area is 53.9 Å². The SMILES string of the molecule is C[C@@H]1NC(=O)[C@H]2C=C[C@@H]12. The smallest absolute Gasteiger partial charge is 0.227 e. The van der Waals surface area contributed by atoms with E-state index in [0.29, 0.717) is 12.0 Å². The largest absolute Gasteiger partial charge is 0.352 e. The van der Waals surface area contributed by atoms with Gasteiger partial charge in [0.15, 0.2) is 0 Å². The highest BCUT2D eigenvalue weighted by Crippen LogP contribution is 2.33. The first-order valence-electron chi connectivity index (χ1n) is 3.28. The molecule has 2 aliphatic rings. The molecule has 0 aromatic heterocycles. The highest BCUT2D eigenvalue weighted by atomic mass is 16.2. The summed E-state index contributed by atoms with van der Waals surface area (Å²) in [5.41, 5.74) is 0. The van der Waals surface area contributed by atoms with Gasteiger partial charge in [-0.3, -0.25) is 4.79 Å². The van der Waals surface area contributed by atoms with Crippen molar-refractivity contribution in [3.63, 3.8) is 0 Å². The number of nitrogens with one attached hydrogen (secondary N) is 1. The van der Waals surface area contributed by atoms with Gasteiger partial charge in [0.25, 0.3) is 0 Å². The molecular formula is C7H9NO. The maximum absolute atomic E-state index is 10.9. The van der Waals surface area contributed by atoms with Crippen LogP contribution in [0.5, 0.6) is 0 Å². The molecule has 2 rings (SSSR count). The van der Waals surface area contributed by atoms with E-state index in [1.54, 1.807) is 0 Å². The topological polar surface area (TPSA) is 29.1 Å². The van der Waals surface area contributed by atoms with Crippen molar-refractivity contribution in [1.82, 2.24) is 5.32 Å². The van der Waals surface area contributed by atoms with Gasteiger partial charge in [0.1, 0.15) is 0 Å². The molecule has 0 aromatic carbocycles. The molecule has 0 radical (unpaired) electrons. The van der Waals surface area contributed by atoms with Crippen molar-refractivity contribution >= 4 is 5.91 Å². The Hall–Kier alpha value is -0.790. The highest BCUT2D eigenvalue weighted by molar-refractivity contribution is 5.85. The Morgan fingerprint density at radius 2 is 2.33 bits per heavy atom. The van der Waals surface area contributed by atoms with E-state index in [1.807, 2.05) is 13.0 Å². The van der Waals surface area contributed by atoms with Crippen LogP contribution < -0.4 is 5.32 Å². The van der Waals surface area contributed by atoms with Gasteiger partial charge >= 0.3 is 0 Å². The normalized spacial score (nSPS) is 45.9. The molecule has 1 N–H and O–H groups in total. The lowest BCUT2D eigenvalue weighted by molar-refractivity contribution is -0.121. The van der Waals surface area contributed by atoms with Crippen LogP contribution in [0.15, 0.2) is 12.2 Å². The molecule has 0 unspecified atom stereocenters. The first kappa shape index (κ1) is 5.03. The zero-order chi connectivity index (χ0) is 6.43. The third-order valence-electron chi connectivity index (χ3n) is 2.21. The Morgan fingerprint density at radius 3 is 2.56 bits per heavy atom. The maximum Gasteiger partial charge on any atom is 0.227 e. The van der Waals surface area contributed by atoms with Crippen molar-refractivity contribution in [2.24, 2.45) is 11.8 Å². The second-order valence-electron chi connectivity index (χ2n) is 2.79. The predicted octanol–water partition coefficient (Wildman–Crippen LogP) is 0.307. The summed E-state index contributed by atoms with van der Waals surface area (Å²) < 4.78 is 0. The highest BCUT2D eigenvalue weighted by Gasteiger charge is 2.41. The molecule has 48 valence electrons. The molecule has 0 bridgehead atoms. The average Bonchev–Trinajstić information content (AvgIpc) is 1.73. The fourth-order valence-corrected chi connectivity index (χ4v) is 1.51. The third-order valence-corrected chi connectivity index (χ3v) is 2.21. The molecule has 1 heterocycles. The van der Waals surface area contributed by atoms with Crippen molar-refractivity contribution in [1.29, 1.82) is 0 Å². The zero-order valence-corrected chi connectivity index (χ0v) is 5.29. The number of amides is 1. The predicted molar refractivity (Wildman–Crippen MR) is 33.7 cm³/mol. The van der Waals surface area contributed by atoms with E-state index in [2.05, 4.69) is 11.4 Å². The summed E-state index contributed by atoms with van der Waals surface area (Å²) >= 11 is 0. The summed E-state index contributed by atoms with van der Waals surface area (Å²) in [6.45, 7) is 2.05. The summed E-state index contributed by atoms with van der Waals surface area (Å²) in [5, 5.41) is 2.88. The molecule has 0 aromatic rings. The van der Waals surface area contributed by atoms with Crippen molar-refractivity contribution in [3.05, 3.63) is 12.2 Å². The lowest BCUT2D eigenvalue weighted by atomic mass is 9.81. The number of hydrogen-bond acceptors (Lipinski definition) is 1. The lowest BCUT2D eigenvalue weighted by Crippen LogP contribution is -2.24.